The van der Waals surface area contributed by atoms with E-state index in [4.69, 9.17) is 0 Å². The molecule has 0 N–H and O–H groups in total. The highest BCUT2D eigenvalue weighted by Gasteiger charge is 2.26. The van der Waals surface area contributed by atoms with E-state index >= 15 is 0 Å². The van der Waals surface area contributed by atoms with Gasteiger partial charge in [0.1, 0.15) is 0 Å². The number of nitrogens with zero attached hydrogens (tertiary/aromatic N) is 1. The summed E-state index contributed by atoms with van der Waals surface area (Å²) in [5, 5.41) is 3.82. The van der Waals surface area contributed by atoms with Crippen LogP contribution in [-0.2, 0) is 16.4 Å². The van der Waals surface area contributed by atoms with Crippen LogP contribution in [-0.4, -0.2) is 32.0 Å². The van der Waals surface area contributed by atoms with Crippen LogP contribution >= 0.6 is 11.3 Å². The van der Waals surface area contributed by atoms with Gasteiger partial charge < -0.3 is 4.90 Å². The lowest BCUT2D eigenvalue weighted by atomic mass is 10.2. The highest BCUT2D eigenvalue weighted by atomic mass is 32.2. The monoisotopic (exact) mass is 345 g/mol. The first-order valence-electron chi connectivity index (χ1n) is 6.21. The lowest BCUT2D eigenvalue weighted by molar-refractivity contribution is 0.0785. The third-order valence-electron chi connectivity index (χ3n) is 3.01. The maximum absolute atomic E-state index is 12.4. The number of amides is 1. The van der Waals surface area contributed by atoms with Gasteiger partial charge in [-0.1, -0.05) is 0 Å². The summed E-state index contributed by atoms with van der Waals surface area (Å²) in [5.74, 6) is -3.79. The van der Waals surface area contributed by atoms with E-state index in [2.05, 4.69) is 0 Å². The lowest BCUT2D eigenvalue weighted by Crippen LogP contribution is -2.26. The predicted molar refractivity (Wildman–Crippen MR) is 79.7 cm³/mol. The van der Waals surface area contributed by atoms with Gasteiger partial charge in [-0.3, -0.25) is 4.79 Å². The molecule has 0 saturated carbocycles. The number of carbonyl (C=O) groups is 1. The Morgan fingerprint density at radius 2 is 1.86 bits per heavy atom. The molecule has 2 rings (SSSR count). The van der Waals surface area contributed by atoms with Crippen molar-refractivity contribution in [2.24, 2.45) is 0 Å². The van der Waals surface area contributed by atoms with E-state index in [0.29, 0.717) is 6.54 Å². The minimum Gasteiger partial charge on any atom is -0.337 e. The number of hydrogen-bond donors (Lipinski definition) is 0. The Hall–Kier alpha value is -1.80. The van der Waals surface area contributed by atoms with Gasteiger partial charge in [0, 0.05) is 19.2 Å². The summed E-state index contributed by atoms with van der Waals surface area (Å²) in [6, 6.07) is 6.41. The number of alkyl halides is 2. The molecule has 8 heteroatoms. The molecule has 0 radical (unpaired) electrons. The van der Waals surface area contributed by atoms with E-state index < -0.39 is 20.5 Å². The molecule has 0 unspecified atom stereocenters. The minimum absolute atomic E-state index is 0.242. The SMILES string of the molecule is CN(Cc1ccsc1)C(=O)c1ccc(S(=O)(=O)C(F)F)cc1. The summed E-state index contributed by atoms with van der Waals surface area (Å²) in [5.41, 5.74) is 1.23. The second-order valence-electron chi connectivity index (χ2n) is 4.62. The third kappa shape index (κ3) is 3.50. The predicted octanol–water partition coefficient (Wildman–Crippen LogP) is 3.02. The molecule has 1 amide bonds. The van der Waals surface area contributed by atoms with Crippen LogP contribution in [0.2, 0.25) is 0 Å². The first kappa shape index (κ1) is 16.6. The Morgan fingerprint density at radius 1 is 1.23 bits per heavy atom. The second-order valence-corrected chi connectivity index (χ2v) is 7.32. The van der Waals surface area contributed by atoms with Crippen LogP contribution in [0, 0.1) is 0 Å². The molecule has 0 aliphatic carbocycles. The smallest absolute Gasteiger partial charge is 0.337 e. The molecule has 0 atom stereocenters. The third-order valence-corrected chi connectivity index (χ3v) is 5.14. The van der Waals surface area contributed by atoms with Gasteiger partial charge in [-0.15, -0.1) is 0 Å². The Labute approximate surface area is 130 Å². The lowest BCUT2D eigenvalue weighted by Gasteiger charge is -2.16. The first-order chi connectivity index (χ1) is 10.3. The molecular formula is C14H13F2NO3S2. The van der Waals surface area contributed by atoms with Crippen LogP contribution in [0.25, 0.3) is 0 Å². The average Bonchev–Trinajstić information content (AvgIpc) is 2.99. The van der Waals surface area contributed by atoms with Gasteiger partial charge >= 0.3 is 5.76 Å². The summed E-state index contributed by atoms with van der Waals surface area (Å²) >= 11 is 1.52. The normalized spacial score (nSPS) is 11.6. The zero-order valence-corrected chi connectivity index (χ0v) is 13.2. The molecule has 0 bridgehead atoms. The van der Waals surface area contributed by atoms with Crippen molar-refractivity contribution in [3.05, 3.63) is 52.2 Å². The molecule has 0 aliphatic rings. The fraction of sp³-hybridized carbons (Fsp3) is 0.214. The van der Waals surface area contributed by atoms with Crippen LogP contribution in [0.1, 0.15) is 15.9 Å². The maximum Gasteiger partial charge on any atom is 0.341 e. The van der Waals surface area contributed by atoms with Crippen LogP contribution in [0.15, 0.2) is 46.0 Å². The summed E-state index contributed by atoms with van der Waals surface area (Å²) in [7, 11) is -3.02. The second kappa shape index (κ2) is 6.53. The summed E-state index contributed by atoms with van der Waals surface area (Å²) in [6.45, 7) is 0.416. The summed E-state index contributed by atoms with van der Waals surface area (Å²) in [4.78, 5) is 13.2. The summed E-state index contributed by atoms with van der Waals surface area (Å²) < 4.78 is 47.5. The van der Waals surface area contributed by atoms with E-state index in [1.54, 1.807) is 7.05 Å². The molecule has 0 saturated heterocycles. The molecule has 118 valence electrons. The largest absolute Gasteiger partial charge is 0.341 e. The fourth-order valence-electron chi connectivity index (χ4n) is 1.84. The zero-order chi connectivity index (χ0) is 16.3. The van der Waals surface area contributed by atoms with Crippen molar-refractivity contribution >= 4 is 27.1 Å². The molecular weight excluding hydrogens is 332 g/mol. The molecule has 0 fully saturated rings. The van der Waals surface area contributed by atoms with Gasteiger partial charge in [0.05, 0.1) is 4.90 Å². The van der Waals surface area contributed by atoms with Crippen molar-refractivity contribution < 1.29 is 22.0 Å². The van der Waals surface area contributed by atoms with Crippen LogP contribution in [0.3, 0.4) is 0 Å². The molecule has 2 aromatic rings. The van der Waals surface area contributed by atoms with Crippen LogP contribution in [0.5, 0.6) is 0 Å². The van der Waals surface area contributed by atoms with E-state index in [0.717, 1.165) is 17.7 Å². The van der Waals surface area contributed by atoms with Gasteiger partial charge in [-0.2, -0.15) is 20.1 Å². The van der Waals surface area contributed by atoms with Gasteiger partial charge in [-0.05, 0) is 46.7 Å². The van der Waals surface area contributed by atoms with Crippen molar-refractivity contribution in [2.45, 2.75) is 17.2 Å². The number of rotatable bonds is 5. The van der Waals surface area contributed by atoms with Gasteiger partial charge in [-0.25, -0.2) is 8.42 Å². The van der Waals surface area contributed by atoms with E-state index in [-0.39, 0.29) is 11.5 Å². The number of benzene rings is 1. The fourth-order valence-corrected chi connectivity index (χ4v) is 3.22. The zero-order valence-electron chi connectivity index (χ0n) is 11.6. The molecule has 0 aliphatic heterocycles. The standard InChI is InChI=1S/C14H13F2NO3S2/c1-17(8-10-6-7-21-9-10)13(18)11-2-4-12(5-3-11)22(19,20)14(15)16/h2-7,9,14H,8H2,1H3. The molecule has 4 nitrogen and oxygen atoms in total. The Balaban J connectivity index is 2.14. The quantitative estimate of drug-likeness (QED) is 0.837. The van der Waals surface area contributed by atoms with Crippen molar-refractivity contribution in [3.8, 4) is 0 Å². The van der Waals surface area contributed by atoms with Gasteiger partial charge in [0.15, 0.2) is 0 Å². The Kier molecular flexibility index (Phi) is 4.92. The van der Waals surface area contributed by atoms with Crippen molar-refractivity contribution in [2.75, 3.05) is 7.05 Å². The highest BCUT2D eigenvalue weighted by molar-refractivity contribution is 7.91. The maximum atomic E-state index is 12.4. The van der Waals surface area contributed by atoms with E-state index in [1.165, 1.54) is 28.4 Å². The number of halogens is 2. The summed E-state index contributed by atoms with van der Waals surface area (Å²) in [6.07, 6.45) is 0. The Bertz CT molecular complexity index is 741. The van der Waals surface area contributed by atoms with E-state index in [9.17, 15) is 22.0 Å². The van der Waals surface area contributed by atoms with Crippen molar-refractivity contribution in [1.82, 2.24) is 4.90 Å². The molecule has 22 heavy (non-hydrogen) atoms. The van der Waals surface area contributed by atoms with Gasteiger partial charge in [0.25, 0.3) is 5.91 Å². The van der Waals surface area contributed by atoms with Crippen molar-refractivity contribution in [1.29, 1.82) is 0 Å². The molecule has 1 heterocycles. The minimum atomic E-state index is -4.64. The average molecular weight is 345 g/mol. The number of thiophene rings is 1. The number of hydrogen-bond acceptors (Lipinski definition) is 4. The Morgan fingerprint density at radius 3 is 2.36 bits per heavy atom. The topological polar surface area (TPSA) is 54.5 Å². The molecule has 0 spiro atoms. The van der Waals surface area contributed by atoms with Gasteiger partial charge in [0.2, 0.25) is 9.84 Å². The molecule has 1 aromatic heterocycles. The number of sulfone groups is 1. The van der Waals surface area contributed by atoms with E-state index in [1.807, 2.05) is 16.8 Å². The molecule has 1 aromatic carbocycles. The first-order valence-corrected chi connectivity index (χ1v) is 8.70. The van der Waals surface area contributed by atoms with Crippen LogP contribution in [0.4, 0.5) is 8.78 Å². The highest BCUT2D eigenvalue weighted by Crippen LogP contribution is 2.19. The number of carbonyl (C=O) groups excluding carboxylic acids is 1. The van der Waals surface area contributed by atoms with Crippen molar-refractivity contribution in [3.63, 3.8) is 0 Å². The van der Waals surface area contributed by atoms with Crippen LogP contribution < -0.4 is 0 Å².